The molecular weight excluding hydrogens is 326 g/mol. The lowest BCUT2D eigenvalue weighted by Crippen LogP contribution is -2.47. The van der Waals surface area contributed by atoms with Crippen molar-refractivity contribution in [3.05, 3.63) is 0 Å². The quantitative estimate of drug-likeness (QED) is 0.164. The molecule has 4 atom stereocenters. The van der Waals surface area contributed by atoms with E-state index in [9.17, 15) is 24.1 Å². The average molecular weight is 340 g/mol. The molecule has 0 aromatic rings. The van der Waals surface area contributed by atoms with Gasteiger partial charge < -0.3 is 39.7 Å². The second kappa shape index (κ2) is 7.69. The molecule has 0 fully saturated rings. The first-order valence-electron chi connectivity index (χ1n) is 4.81. The van der Waals surface area contributed by atoms with Crippen molar-refractivity contribution in [1.29, 1.82) is 0 Å². The maximum absolute atomic E-state index is 10.6. The van der Waals surface area contributed by atoms with Crippen LogP contribution in [0, 0.1) is 0 Å². The first kappa shape index (κ1) is 19.8. The van der Waals surface area contributed by atoms with Crippen LogP contribution in [0.15, 0.2) is 0 Å². The van der Waals surface area contributed by atoms with Crippen LogP contribution >= 0.6 is 15.6 Å². The van der Waals surface area contributed by atoms with Gasteiger partial charge in [0.15, 0.2) is 6.29 Å². The summed E-state index contributed by atoms with van der Waals surface area (Å²) in [6.45, 7) is -1.22. The minimum absolute atomic E-state index is 0.174. The molecule has 20 heavy (non-hydrogen) atoms. The lowest BCUT2D eigenvalue weighted by molar-refractivity contribution is -0.135. The van der Waals surface area contributed by atoms with Crippen LogP contribution in [0.4, 0.5) is 0 Å². The SMILES string of the molecule is O=C[C@@H](O)[C@@H](O)[C@H](O)[C@@H](COP(=O)(O)O)OP(=O)(O)O. The van der Waals surface area contributed by atoms with Crippen LogP contribution in [0.25, 0.3) is 0 Å². The molecule has 0 saturated heterocycles. The molecule has 0 aliphatic rings. The maximum atomic E-state index is 10.6. The Morgan fingerprint density at radius 1 is 0.950 bits per heavy atom. The van der Waals surface area contributed by atoms with E-state index in [0.29, 0.717) is 0 Å². The van der Waals surface area contributed by atoms with Gasteiger partial charge in [-0.15, -0.1) is 0 Å². The Morgan fingerprint density at radius 2 is 1.45 bits per heavy atom. The van der Waals surface area contributed by atoms with Gasteiger partial charge in [-0.1, -0.05) is 0 Å². The molecule has 0 aliphatic heterocycles. The Bertz CT molecular complexity index is 399. The minimum atomic E-state index is -5.21. The van der Waals surface area contributed by atoms with Gasteiger partial charge in [0, 0.05) is 0 Å². The molecule has 0 rings (SSSR count). The van der Waals surface area contributed by atoms with Crippen molar-refractivity contribution in [2.24, 2.45) is 0 Å². The molecule has 0 saturated carbocycles. The highest BCUT2D eigenvalue weighted by Gasteiger charge is 2.37. The second-order valence-corrected chi connectivity index (χ2v) is 5.96. The molecule has 0 aromatic heterocycles. The van der Waals surface area contributed by atoms with Crippen LogP contribution in [0.2, 0.25) is 0 Å². The smallest absolute Gasteiger partial charge is 0.387 e. The Hall–Kier alpha value is -0.230. The molecule has 0 radical (unpaired) electrons. The molecule has 7 N–H and O–H groups in total. The van der Waals surface area contributed by atoms with Crippen molar-refractivity contribution in [3.63, 3.8) is 0 Å². The number of aldehydes is 1. The van der Waals surface area contributed by atoms with Gasteiger partial charge in [-0.3, -0.25) is 9.05 Å². The van der Waals surface area contributed by atoms with Gasteiger partial charge in [0.05, 0.1) is 6.61 Å². The zero-order chi connectivity index (χ0) is 16.1. The molecule has 12 nitrogen and oxygen atoms in total. The van der Waals surface area contributed by atoms with Crippen molar-refractivity contribution in [1.82, 2.24) is 0 Å². The Balaban J connectivity index is 4.95. The van der Waals surface area contributed by atoms with E-state index in [1.165, 1.54) is 0 Å². The maximum Gasteiger partial charge on any atom is 0.470 e. The molecule has 0 heterocycles. The summed E-state index contributed by atoms with van der Waals surface area (Å²) in [5.74, 6) is 0. The van der Waals surface area contributed by atoms with E-state index in [1.807, 2.05) is 0 Å². The fraction of sp³-hybridized carbons (Fsp3) is 0.833. The predicted octanol–water partition coefficient (Wildman–Crippen LogP) is -3.14. The van der Waals surface area contributed by atoms with Crippen LogP contribution in [0.1, 0.15) is 0 Å². The summed E-state index contributed by atoms with van der Waals surface area (Å²) < 4.78 is 28.9. The molecule has 0 unspecified atom stereocenters. The topological polar surface area (TPSA) is 211 Å². The molecule has 0 bridgehead atoms. The first-order chi connectivity index (χ1) is 8.87. The zero-order valence-electron chi connectivity index (χ0n) is 9.66. The van der Waals surface area contributed by atoms with Gasteiger partial charge in [0.2, 0.25) is 0 Å². The van der Waals surface area contributed by atoms with E-state index < -0.39 is 46.7 Å². The third-order valence-corrected chi connectivity index (χ3v) is 2.93. The van der Waals surface area contributed by atoms with E-state index >= 15 is 0 Å². The number of phosphoric acid groups is 2. The van der Waals surface area contributed by atoms with Gasteiger partial charge in [0.25, 0.3) is 0 Å². The average Bonchev–Trinajstić information content (AvgIpc) is 2.29. The molecule has 120 valence electrons. The van der Waals surface area contributed by atoms with Crippen molar-refractivity contribution >= 4 is 21.9 Å². The largest absolute Gasteiger partial charge is 0.470 e. The monoisotopic (exact) mass is 340 g/mol. The first-order valence-corrected chi connectivity index (χ1v) is 7.87. The molecule has 14 heteroatoms. The summed E-state index contributed by atoms with van der Waals surface area (Å²) in [6, 6.07) is 0. The van der Waals surface area contributed by atoms with Gasteiger partial charge in [0.1, 0.15) is 24.4 Å². The van der Waals surface area contributed by atoms with Crippen molar-refractivity contribution < 1.29 is 57.9 Å². The van der Waals surface area contributed by atoms with Gasteiger partial charge in [-0.2, -0.15) is 0 Å². The third-order valence-electron chi connectivity index (χ3n) is 1.90. The number of hydrogen-bond acceptors (Lipinski definition) is 8. The Labute approximate surface area is 112 Å². The lowest BCUT2D eigenvalue weighted by Gasteiger charge is -2.27. The number of hydrogen-bond donors (Lipinski definition) is 7. The van der Waals surface area contributed by atoms with E-state index in [0.717, 1.165) is 0 Å². The van der Waals surface area contributed by atoms with E-state index in [1.54, 1.807) is 0 Å². The van der Waals surface area contributed by atoms with E-state index in [-0.39, 0.29) is 6.29 Å². The fourth-order valence-corrected chi connectivity index (χ4v) is 1.92. The second-order valence-electron chi connectivity index (χ2n) is 3.53. The highest BCUT2D eigenvalue weighted by atomic mass is 31.2. The summed E-state index contributed by atoms with van der Waals surface area (Å²) in [6.07, 6.45) is -8.89. The predicted molar refractivity (Wildman–Crippen MR) is 59.0 cm³/mol. The zero-order valence-corrected chi connectivity index (χ0v) is 11.4. The van der Waals surface area contributed by atoms with Crippen molar-refractivity contribution in [3.8, 4) is 0 Å². The highest BCUT2D eigenvalue weighted by molar-refractivity contribution is 7.46. The van der Waals surface area contributed by atoms with Crippen molar-refractivity contribution in [2.45, 2.75) is 24.4 Å². The van der Waals surface area contributed by atoms with Crippen LogP contribution in [0.3, 0.4) is 0 Å². The van der Waals surface area contributed by atoms with Gasteiger partial charge in [-0.05, 0) is 0 Å². The number of carbonyl (C=O) groups excluding carboxylic acids is 1. The molecule has 0 aromatic carbocycles. The summed E-state index contributed by atoms with van der Waals surface area (Å²) in [5.41, 5.74) is 0. The number of phosphoric ester groups is 2. The number of aliphatic hydroxyl groups is 3. The van der Waals surface area contributed by atoms with Crippen LogP contribution in [-0.2, 0) is 23.0 Å². The minimum Gasteiger partial charge on any atom is -0.387 e. The Morgan fingerprint density at radius 3 is 1.80 bits per heavy atom. The van der Waals surface area contributed by atoms with Crippen LogP contribution in [0.5, 0.6) is 0 Å². The normalized spacial score (nSPS) is 19.1. The number of rotatable bonds is 9. The number of aliphatic hydroxyl groups excluding tert-OH is 3. The fourth-order valence-electron chi connectivity index (χ4n) is 1.04. The van der Waals surface area contributed by atoms with Crippen molar-refractivity contribution in [2.75, 3.05) is 6.61 Å². The highest BCUT2D eigenvalue weighted by Crippen LogP contribution is 2.41. The van der Waals surface area contributed by atoms with E-state index in [2.05, 4.69) is 9.05 Å². The number of carbonyl (C=O) groups is 1. The standard InChI is InChI=1S/C6H14O12P2/c7-1-3(8)5(9)6(10)4(18-20(14,15)16)2-17-19(11,12)13/h1,3-6,8-10H,2H2,(H2,11,12,13)(H2,14,15,16)/t3-,4-,5-,6-/m1/s1. The molecular formula is C6H14O12P2. The molecule has 0 amide bonds. The molecule has 0 aliphatic carbocycles. The van der Waals surface area contributed by atoms with Crippen LogP contribution < -0.4 is 0 Å². The van der Waals surface area contributed by atoms with Gasteiger partial charge in [-0.25, -0.2) is 9.13 Å². The summed E-state index contributed by atoms with van der Waals surface area (Å²) in [7, 11) is -10.3. The summed E-state index contributed by atoms with van der Waals surface area (Å²) >= 11 is 0. The summed E-state index contributed by atoms with van der Waals surface area (Å²) in [4.78, 5) is 44.2. The third kappa shape index (κ3) is 8.15. The Kier molecular flexibility index (Phi) is 7.60. The van der Waals surface area contributed by atoms with E-state index in [4.69, 9.17) is 24.7 Å². The summed E-state index contributed by atoms with van der Waals surface area (Å²) in [5, 5.41) is 27.7. The lowest BCUT2D eigenvalue weighted by atomic mass is 10.0. The van der Waals surface area contributed by atoms with Gasteiger partial charge >= 0.3 is 15.6 Å². The molecule has 0 spiro atoms. The van der Waals surface area contributed by atoms with Crippen LogP contribution in [-0.4, -0.2) is 72.2 Å².